The summed E-state index contributed by atoms with van der Waals surface area (Å²) < 4.78 is 0. The van der Waals surface area contributed by atoms with Gasteiger partial charge in [-0.2, -0.15) is 0 Å². The molecule has 1 aliphatic carbocycles. The summed E-state index contributed by atoms with van der Waals surface area (Å²) in [5.41, 5.74) is 1.75. The van der Waals surface area contributed by atoms with Crippen molar-refractivity contribution < 1.29 is 0 Å². The van der Waals surface area contributed by atoms with E-state index in [1.807, 2.05) is 0 Å². The van der Waals surface area contributed by atoms with E-state index in [1.54, 1.807) is 6.16 Å². The third-order valence-corrected chi connectivity index (χ3v) is 6.32. The molecule has 1 saturated carbocycles. The van der Waals surface area contributed by atoms with Crippen LogP contribution in [0.25, 0.3) is 0 Å². The van der Waals surface area contributed by atoms with Gasteiger partial charge in [-0.05, 0) is 41.9 Å². The van der Waals surface area contributed by atoms with Gasteiger partial charge in [-0.3, -0.25) is 0 Å². The molecule has 4 atom stereocenters. The summed E-state index contributed by atoms with van der Waals surface area (Å²) in [7, 11) is 1.29. The quantitative estimate of drug-likeness (QED) is 0.490. The standard InChI is InChI=1S/C10H19P/c1-7-9-5-4-8(6-11-9)10(7,2)3/h7-9,11H,4-6H2,1-3H3/t7-,8+,9+/m0/s1. The third-order valence-electron chi connectivity index (χ3n) is 4.28. The van der Waals surface area contributed by atoms with E-state index < -0.39 is 0 Å². The molecule has 0 aromatic carbocycles. The Hall–Kier alpha value is 0.430. The van der Waals surface area contributed by atoms with Gasteiger partial charge >= 0.3 is 0 Å². The second-order valence-corrected chi connectivity index (χ2v) is 6.46. The van der Waals surface area contributed by atoms with Gasteiger partial charge in [0.15, 0.2) is 0 Å². The molecule has 2 aliphatic heterocycles. The maximum atomic E-state index is 2.48. The first kappa shape index (κ1) is 8.05. The highest BCUT2D eigenvalue weighted by Gasteiger charge is 2.46. The molecule has 0 nitrogen and oxygen atoms in total. The van der Waals surface area contributed by atoms with Crippen molar-refractivity contribution in [3.63, 3.8) is 0 Å². The van der Waals surface area contributed by atoms with Crippen LogP contribution in [0, 0.1) is 17.3 Å². The van der Waals surface area contributed by atoms with E-state index in [0.717, 1.165) is 17.5 Å². The maximum absolute atomic E-state index is 2.48. The zero-order chi connectivity index (χ0) is 8.06. The van der Waals surface area contributed by atoms with Crippen LogP contribution in [0.15, 0.2) is 0 Å². The molecule has 0 N–H and O–H groups in total. The Kier molecular flexibility index (Phi) is 1.80. The summed E-state index contributed by atoms with van der Waals surface area (Å²) in [4.78, 5) is 0. The topological polar surface area (TPSA) is 0 Å². The van der Waals surface area contributed by atoms with Crippen LogP contribution in [-0.2, 0) is 0 Å². The van der Waals surface area contributed by atoms with Crippen LogP contribution in [0.4, 0.5) is 0 Å². The second kappa shape index (κ2) is 2.46. The molecule has 0 aromatic rings. The van der Waals surface area contributed by atoms with Gasteiger partial charge < -0.3 is 0 Å². The number of rotatable bonds is 0. The Morgan fingerprint density at radius 3 is 2.27 bits per heavy atom. The lowest BCUT2D eigenvalue weighted by Crippen LogP contribution is -2.46. The first-order chi connectivity index (χ1) is 5.12. The molecule has 0 spiro atoms. The van der Waals surface area contributed by atoms with Crippen molar-refractivity contribution in [1.82, 2.24) is 0 Å². The summed E-state index contributed by atoms with van der Waals surface area (Å²) in [5, 5.41) is 0. The zero-order valence-electron chi connectivity index (χ0n) is 7.85. The summed E-state index contributed by atoms with van der Waals surface area (Å²) in [6, 6.07) is 0. The summed E-state index contributed by atoms with van der Waals surface area (Å²) in [6.45, 7) is 7.44. The van der Waals surface area contributed by atoms with E-state index >= 15 is 0 Å². The second-order valence-electron chi connectivity index (χ2n) is 4.90. The maximum Gasteiger partial charge on any atom is -0.0206 e. The van der Waals surface area contributed by atoms with Gasteiger partial charge in [0, 0.05) is 0 Å². The number of hydrogen-bond donors (Lipinski definition) is 0. The van der Waals surface area contributed by atoms with Gasteiger partial charge in [-0.25, -0.2) is 0 Å². The Labute approximate surface area is 71.9 Å². The van der Waals surface area contributed by atoms with Crippen molar-refractivity contribution in [2.24, 2.45) is 17.3 Å². The van der Waals surface area contributed by atoms with E-state index in [9.17, 15) is 0 Å². The van der Waals surface area contributed by atoms with Crippen LogP contribution in [0.1, 0.15) is 33.6 Å². The zero-order valence-corrected chi connectivity index (χ0v) is 8.85. The molecule has 2 saturated heterocycles. The first-order valence-corrected chi connectivity index (χ1v) is 6.14. The highest BCUT2D eigenvalue weighted by molar-refractivity contribution is 7.39. The van der Waals surface area contributed by atoms with Gasteiger partial charge in [0.25, 0.3) is 0 Å². The van der Waals surface area contributed by atoms with Crippen molar-refractivity contribution in [2.45, 2.75) is 39.3 Å². The Balaban J connectivity index is 2.23. The Morgan fingerprint density at radius 1 is 1.27 bits per heavy atom. The van der Waals surface area contributed by atoms with Crippen molar-refractivity contribution in [1.29, 1.82) is 0 Å². The number of fused-ring (bicyclic) bond motifs is 3. The van der Waals surface area contributed by atoms with Crippen molar-refractivity contribution >= 4 is 8.58 Å². The Morgan fingerprint density at radius 2 is 2.00 bits per heavy atom. The molecular formula is C10H19P. The minimum atomic E-state index is 0.661. The molecule has 64 valence electrons. The van der Waals surface area contributed by atoms with Crippen molar-refractivity contribution in [2.75, 3.05) is 6.16 Å². The predicted molar refractivity (Wildman–Crippen MR) is 52.6 cm³/mol. The molecule has 11 heavy (non-hydrogen) atoms. The Bertz CT molecular complexity index is 150. The van der Waals surface area contributed by atoms with Crippen LogP contribution < -0.4 is 0 Å². The fraction of sp³-hybridized carbons (Fsp3) is 1.00. The molecule has 3 rings (SSSR count). The fourth-order valence-corrected chi connectivity index (χ4v) is 5.30. The van der Waals surface area contributed by atoms with Gasteiger partial charge in [0.05, 0.1) is 0 Å². The average Bonchev–Trinajstić information content (AvgIpc) is 2.01. The summed E-state index contributed by atoms with van der Waals surface area (Å²) in [5.74, 6) is 2.05. The van der Waals surface area contributed by atoms with Gasteiger partial charge in [-0.1, -0.05) is 20.8 Å². The normalized spacial score (nSPS) is 49.9. The van der Waals surface area contributed by atoms with Crippen LogP contribution in [0.3, 0.4) is 0 Å². The predicted octanol–water partition coefficient (Wildman–Crippen LogP) is 3.12. The van der Waals surface area contributed by atoms with Crippen LogP contribution in [0.5, 0.6) is 0 Å². The molecular weight excluding hydrogens is 151 g/mol. The molecule has 0 aromatic heterocycles. The molecule has 3 aliphatic rings. The van der Waals surface area contributed by atoms with E-state index in [0.29, 0.717) is 5.41 Å². The van der Waals surface area contributed by atoms with Crippen molar-refractivity contribution in [3.05, 3.63) is 0 Å². The SMILES string of the molecule is C[C@H]1[C@H]2CC[C@H](CP2)C1(C)C. The lowest BCUT2D eigenvalue weighted by molar-refractivity contribution is 0.0785. The van der Waals surface area contributed by atoms with Crippen LogP contribution in [0.2, 0.25) is 0 Å². The number of hydrogen-bond acceptors (Lipinski definition) is 0. The molecule has 0 radical (unpaired) electrons. The van der Waals surface area contributed by atoms with E-state index in [1.165, 1.54) is 21.4 Å². The van der Waals surface area contributed by atoms with Gasteiger partial charge in [0.2, 0.25) is 0 Å². The van der Waals surface area contributed by atoms with Gasteiger partial charge in [-0.15, -0.1) is 8.58 Å². The minimum Gasteiger partial charge on any atom is -0.118 e. The van der Waals surface area contributed by atoms with Crippen molar-refractivity contribution in [3.8, 4) is 0 Å². The van der Waals surface area contributed by atoms with E-state index in [-0.39, 0.29) is 0 Å². The van der Waals surface area contributed by atoms with Gasteiger partial charge in [0.1, 0.15) is 0 Å². The molecule has 1 unspecified atom stereocenters. The third kappa shape index (κ3) is 1.06. The fourth-order valence-electron chi connectivity index (χ4n) is 2.83. The monoisotopic (exact) mass is 170 g/mol. The molecule has 1 heteroatoms. The summed E-state index contributed by atoms with van der Waals surface area (Å²) in [6.07, 6.45) is 4.60. The molecule has 3 fully saturated rings. The largest absolute Gasteiger partial charge is 0.118 e. The summed E-state index contributed by atoms with van der Waals surface area (Å²) >= 11 is 0. The smallest absolute Gasteiger partial charge is 0.0206 e. The van der Waals surface area contributed by atoms with E-state index in [2.05, 4.69) is 20.8 Å². The van der Waals surface area contributed by atoms with Crippen LogP contribution in [-0.4, -0.2) is 11.8 Å². The highest BCUT2D eigenvalue weighted by atomic mass is 31.1. The lowest BCUT2D eigenvalue weighted by atomic mass is 9.63. The molecule has 2 heterocycles. The van der Waals surface area contributed by atoms with E-state index in [4.69, 9.17) is 0 Å². The molecule has 0 amide bonds. The molecule has 2 bridgehead atoms. The van der Waals surface area contributed by atoms with Crippen LogP contribution >= 0.6 is 8.58 Å². The average molecular weight is 170 g/mol. The minimum absolute atomic E-state index is 0.661. The first-order valence-electron chi connectivity index (χ1n) is 4.86. The lowest BCUT2D eigenvalue weighted by Gasteiger charge is -2.53. The highest BCUT2D eigenvalue weighted by Crippen LogP contribution is 2.57.